The van der Waals surface area contributed by atoms with Gasteiger partial charge in [-0.15, -0.1) is 0 Å². The number of hydrogen-bond acceptors (Lipinski definition) is 4. The Bertz CT molecular complexity index is 816. The highest BCUT2D eigenvalue weighted by molar-refractivity contribution is 5.79. The molecule has 0 aliphatic carbocycles. The molecule has 6 heteroatoms. The number of aromatic nitrogens is 2. The van der Waals surface area contributed by atoms with Gasteiger partial charge in [-0.3, -0.25) is 9.59 Å². The smallest absolute Gasteiger partial charge is 0.269 e. The summed E-state index contributed by atoms with van der Waals surface area (Å²) in [4.78, 5) is 27.0. The molecule has 1 aliphatic heterocycles. The van der Waals surface area contributed by atoms with E-state index in [1.807, 2.05) is 30.3 Å². The third-order valence-electron chi connectivity index (χ3n) is 4.87. The summed E-state index contributed by atoms with van der Waals surface area (Å²) in [6.45, 7) is 6.81. The second kappa shape index (κ2) is 8.84. The van der Waals surface area contributed by atoms with Crippen LogP contribution in [0.2, 0.25) is 0 Å². The Hall–Kier alpha value is -2.63. The van der Waals surface area contributed by atoms with E-state index in [-0.39, 0.29) is 17.4 Å². The summed E-state index contributed by atoms with van der Waals surface area (Å²) in [5.74, 6) is 0.512. The van der Waals surface area contributed by atoms with Crippen LogP contribution in [-0.4, -0.2) is 35.3 Å². The summed E-state index contributed by atoms with van der Waals surface area (Å²) in [7, 11) is 0. The first-order chi connectivity index (χ1) is 13.0. The van der Waals surface area contributed by atoms with Gasteiger partial charge in [0, 0.05) is 25.7 Å². The van der Waals surface area contributed by atoms with Crippen molar-refractivity contribution in [3.05, 3.63) is 58.5 Å². The van der Waals surface area contributed by atoms with Crippen molar-refractivity contribution in [3.63, 3.8) is 0 Å². The molecule has 1 fully saturated rings. The second-order valence-corrected chi connectivity index (χ2v) is 7.62. The number of amides is 1. The average Bonchev–Trinajstić information content (AvgIpc) is 2.68. The highest BCUT2D eigenvalue weighted by Gasteiger charge is 2.26. The van der Waals surface area contributed by atoms with E-state index in [0.717, 1.165) is 30.6 Å². The van der Waals surface area contributed by atoms with E-state index >= 15 is 0 Å². The van der Waals surface area contributed by atoms with E-state index in [0.29, 0.717) is 25.6 Å². The van der Waals surface area contributed by atoms with E-state index in [1.54, 1.807) is 12.3 Å². The topological polar surface area (TPSA) is 67.2 Å². The Morgan fingerprint density at radius 1 is 1.30 bits per heavy atom. The number of hydrogen-bond donors (Lipinski definition) is 1. The van der Waals surface area contributed by atoms with Gasteiger partial charge in [-0.2, -0.15) is 5.10 Å². The van der Waals surface area contributed by atoms with Crippen LogP contribution in [-0.2, 0) is 11.3 Å². The van der Waals surface area contributed by atoms with E-state index in [2.05, 4.69) is 29.2 Å². The largest absolute Gasteiger partial charge is 0.369 e. The molecule has 1 aliphatic rings. The minimum atomic E-state index is -0.122. The maximum absolute atomic E-state index is 12.5. The quantitative estimate of drug-likeness (QED) is 0.849. The number of piperidine rings is 1. The number of rotatable bonds is 6. The molecule has 1 amide bonds. The zero-order valence-corrected chi connectivity index (χ0v) is 16.1. The molecule has 1 saturated heterocycles. The zero-order valence-electron chi connectivity index (χ0n) is 16.1. The highest BCUT2D eigenvalue weighted by atomic mass is 16.2. The third kappa shape index (κ3) is 5.18. The lowest BCUT2D eigenvalue weighted by molar-refractivity contribution is -0.125. The number of carbonyl (C=O) groups excluding carboxylic acids is 1. The molecule has 0 spiro atoms. The van der Waals surface area contributed by atoms with E-state index in [4.69, 9.17) is 0 Å². The van der Waals surface area contributed by atoms with Crippen molar-refractivity contribution in [2.75, 3.05) is 24.5 Å². The van der Waals surface area contributed by atoms with E-state index < -0.39 is 0 Å². The number of benzene rings is 1. The van der Waals surface area contributed by atoms with Gasteiger partial charge >= 0.3 is 0 Å². The molecular weight excluding hydrogens is 340 g/mol. The normalized spacial score (nSPS) is 17.1. The molecule has 0 radical (unpaired) electrons. The first-order valence-electron chi connectivity index (χ1n) is 9.66. The molecule has 144 valence electrons. The van der Waals surface area contributed by atoms with Crippen LogP contribution in [0.4, 0.5) is 5.69 Å². The minimum Gasteiger partial charge on any atom is -0.369 e. The van der Waals surface area contributed by atoms with Crippen molar-refractivity contribution >= 4 is 11.6 Å². The molecule has 1 atom stereocenters. The molecule has 2 aromatic rings. The maximum Gasteiger partial charge on any atom is 0.269 e. The molecule has 1 aromatic heterocycles. The van der Waals surface area contributed by atoms with Crippen molar-refractivity contribution in [2.45, 2.75) is 33.2 Å². The minimum absolute atomic E-state index is 0.0377. The fourth-order valence-corrected chi connectivity index (χ4v) is 3.35. The van der Waals surface area contributed by atoms with Crippen molar-refractivity contribution < 1.29 is 4.79 Å². The van der Waals surface area contributed by atoms with Crippen molar-refractivity contribution in [3.8, 4) is 0 Å². The predicted molar refractivity (Wildman–Crippen MR) is 107 cm³/mol. The van der Waals surface area contributed by atoms with Crippen molar-refractivity contribution in [1.82, 2.24) is 15.1 Å². The molecule has 2 heterocycles. The van der Waals surface area contributed by atoms with Gasteiger partial charge < -0.3 is 10.2 Å². The Morgan fingerprint density at radius 2 is 2.07 bits per heavy atom. The zero-order chi connectivity index (χ0) is 19.2. The summed E-state index contributed by atoms with van der Waals surface area (Å²) in [6.07, 6.45) is 3.56. The van der Waals surface area contributed by atoms with Crippen LogP contribution < -0.4 is 15.8 Å². The molecule has 0 unspecified atom stereocenters. The fraction of sp³-hybridized carbons (Fsp3) is 0.476. The van der Waals surface area contributed by atoms with Crippen LogP contribution in [0, 0.1) is 11.8 Å². The Labute approximate surface area is 160 Å². The average molecular weight is 368 g/mol. The van der Waals surface area contributed by atoms with Gasteiger partial charge in [-0.05, 0) is 24.3 Å². The predicted octanol–water partition coefficient (Wildman–Crippen LogP) is 2.28. The molecule has 0 bridgehead atoms. The maximum atomic E-state index is 12.5. The van der Waals surface area contributed by atoms with Crippen LogP contribution in [0.15, 0.2) is 47.4 Å². The molecule has 1 aromatic carbocycles. The fourth-order valence-electron chi connectivity index (χ4n) is 3.35. The highest BCUT2D eigenvalue weighted by Crippen LogP contribution is 2.22. The second-order valence-electron chi connectivity index (χ2n) is 7.62. The van der Waals surface area contributed by atoms with Gasteiger partial charge in [0.15, 0.2) is 0 Å². The number of carbonyl (C=O) groups is 1. The van der Waals surface area contributed by atoms with Crippen molar-refractivity contribution in [2.24, 2.45) is 11.8 Å². The molecule has 0 saturated carbocycles. The van der Waals surface area contributed by atoms with Crippen LogP contribution >= 0.6 is 0 Å². The standard InChI is InChI=1S/C21H28N4O2/c1-16(2)12-22-21(27)18-9-6-10-24(15-18)19-11-20(26)25(23-13-19)14-17-7-4-3-5-8-17/h3-5,7-8,11,13,16,18H,6,9-10,12,14-15H2,1-2H3,(H,22,27)/t18-/m0/s1. The third-order valence-corrected chi connectivity index (χ3v) is 4.87. The van der Waals surface area contributed by atoms with Crippen LogP contribution in [0.5, 0.6) is 0 Å². The summed E-state index contributed by atoms with van der Waals surface area (Å²) < 4.78 is 1.47. The summed E-state index contributed by atoms with van der Waals surface area (Å²) in [5.41, 5.74) is 1.72. The summed E-state index contributed by atoms with van der Waals surface area (Å²) >= 11 is 0. The van der Waals surface area contributed by atoms with E-state index in [1.165, 1.54) is 4.68 Å². The first kappa shape index (κ1) is 19.1. The summed E-state index contributed by atoms with van der Waals surface area (Å²) in [5, 5.41) is 7.36. The Kier molecular flexibility index (Phi) is 6.27. The van der Waals surface area contributed by atoms with Gasteiger partial charge in [0.25, 0.3) is 5.56 Å². The lowest BCUT2D eigenvalue weighted by Gasteiger charge is -2.33. The number of anilines is 1. The lowest BCUT2D eigenvalue weighted by atomic mass is 9.96. The summed E-state index contributed by atoms with van der Waals surface area (Å²) in [6, 6.07) is 11.4. The molecule has 3 rings (SSSR count). The first-order valence-corrected chi connectivity index (χ1v) is 9.66. The van der Waals surface area contributed by atoms with Crippen LogP contribution in [0.3, 0.4) is 0 Å². The van der Waals surface area contributed by atoms with Gasteiger partial charge in [0.2, 0.25) is 5.91 Å². The molecule has 6 nitrogen and oxygen atoms in total. The molecule has 27 heavy (non-hydrogen) atoms. The van der Waals surface area contributed by atoms with Gasteiger partial charge in [0.05, 0.1) is 24.3 Å². The van der Waals surface area contributed by atoms with Gasteiger partial charge in [-0.1, -0.05) is 44.2 Å². The van der Waals surface area contributed by atoms with Gasteiger partial charge in [0.1, 0.15) is 0 Å². The Balaban J connectivity index is 1.66. The lowest BCUT2D eigenvalue weighted by Crippen LogP contribution is -2.44. The monoisotopic (exact) mass is 368 g/mol. The number of nitrogens with one attached hydrogen (secondary N) is 1. The Morgan fingerprint density at radius 3 is 2.78 bits per heavy atom. The van der Waals surface area contributed by atoms with Crippen LogP contribution in [0.25, 0.3) is 0 Å². The van der Waals surface area contributed by atoms with E-state index in [9.17, 15) is 9.59 Å². The molecule has 1 N–H and O–H groups in total. The van der Waals surface area contributed by atoms with Gasteiger partial charge in [-0.25, -0.2) is 4.68 Å². The SMILES string of the molecule is CC(C)CNC(=O)[C@H]1CCCN(c2cnn(Cc3ccccc3)c(=O)c2)C1. The molecular formula is C21H28N4O2. The number of nitrogens with zero attached hydrogens (tertiary/aromatic N) is 3. The van der Waals surface area contributed by atoms with Crippen LogP contribution in [0.1, 0.15) is 32.3 Å². The van der Waals surface area contributed by atoms with Crippen molar-refractivity contribution in [1.29, 1.82) is 0 Å².